The minimum absolute atomic E-state index is 0.0708. The van der Waals surface area contributed by atoms with Crippen molar-refractivity contribution in [1.29, 1.82) is 0 Å². The smallest absolute Gasteiger partial charge is 0.304 e. The number of likely N-dealkylation sites (N-methyl/N-ethyl adjacent to an activating group) is 1. The zero-order valence-electron chi connectivity index (χ0n) is 8.99. The summed E-state index contributed by atoms with van der Waals surface area (Å²) >= 11 is 0. The molecule has 4 heteroatoms. The van der Waals surface area contributed by atoms with E-state index in [1.165, 1.54) is 19.4 Å². The predicted molar refractivity (Wildman–Crippen MR) is 55.4 cm³/mol. The first kappa shape index (κ1) is 11.5. The standard InChI is InChI=1S/C10H20N2O2/c1-8(6-10(13)14)11-7-9-4-3-5-12(9)2/h8-9,11H,3-7H2,1-2H3,(H,13,14). The molecule has 0 saturated carbocycles. The fourth-order valence-electron chi connectivity index (χ4n) is 1.91. The number of carboxylic acids is 1. The average molecular weight is 200 g/mol. The number of carboxylic acid groups (broad SMARTS) is 1. The largest absolute Gasteiger partial charge is 0.481 e. The van der Waals surface area contributed by atoms with Crippen LogP contribution >= 0.6 is 0 Å². The van der Waals surface area contributed by atoms with Gasteiger partial charge in [0, 0.05) is 18.6 Å². The van der Waals surface area contributed by atoms with Crippen LogP contribution in [0.25, 0.3) is 0 Å². The van der Waals surface area contributed by atoms with Crippen molar-refractivity contribution < 1.29 is 9.90 Å². The SMILES string of the molecule is CC(CC(=O)O)NCC1CCCN1C. The normalized spacial score (nSPS) is 25.1. The van der Waals surface area contributed by atoms with E-state index < -0.39 is 5.97 Å². The van der Waals surface area contributed by atoms with E-state index in [-0.39, 0.29) is 12.5 Å². The summed E-state index contributed by atoms with van der Waals surface area (Å²) in [5, 5.41) is 11.8. The van der Waals surface area contributed by atoms with Gasteiger partial charge in [0.1, 0.15) is 0 Å². The Hall–Kier alpha value is -0.610. The van der Waals surface area contributed by atoms with Crippen LogP contribution in [0.5, 0.6) is 0 Å². The molecule has 2 atom stereocenters. The lowest BCUT2D eigenvalue weighted by Gasteiger charge is -2.21. The van der Waals surface area contributed by atoms with E-state index >= 15 is 0 Å². The summed E-state index contributed by atoms with van der Waals surface area (Å²) in [6.07, 6.45) is 2.69. The summed E-state index contributed by atoms with van der Waals surface area (Å²) in [4.78, 5) is 12.8. The van der Waals surface area contributed by atoms with Gasteiger partial charge in [-0.3, -0.25) is 4.79 Å². The van der Waals surface area contributed by atoms with E-state index in [1.54, 1.807) is 0 Å². The predicted octanol–water partition coefficient (Wildman–Crippen LogP) is 0.533. The van der Waals surface area contributed by atoms with Crippen LogP contribution in [0.4, 0.5) is 0 Å². The van der Waals surface area contributed by atoms with E-state index in [0.717, 1.165) is 6.54 Å². The Morgan fingerprint density at radius 1 is 1.71 bits per heavy atom. The lowest BCUT2D eigenvalue weighted by molar-refractivity contribution is -0.137. The number of aliphatic carboxylic acids is 1. The van der Waals surface area contributed by atoms with Gasteiger partial charge in [-0.25, -0.2) is 0 Å². The Morgan fingerprint density at radius 3 is 2.93 bits per heavy atom. The molecule has 1 fully saturated rings. The highest BCUT2D eigenvalue weighted by molar-refractivity contribution is 5.67. The molecular weight excluding hydrogens is 180 g/mol. The van der Waals surface area contributed by atoms with Crippen molar-refractivity contribution in [2.24, 2.45) is 0 Å². The monoisotopic (exact) mass is 200 g/mol. The van der Waals surface area contributed by atoms with Crippen LogP contribution in [0.1, 0.15) is 26.2 Å². The Labute approximate surface area is 85.3 Å². The first-order valence-electron chi connectivity index (χ1n) is 5.25. The molecule has 0 bridgehead atoms. The molecule has 1 aliphatic heterocycles. The van der Waals surface area contributed by atoms with Crippen LogP contribution in [0.2, 0.25) is 0 Å². The van der Waals surface area contributed by atoms with Crippen molar-refractivity contribution in [2.75, 3.05) is 20.1 Å². The number of nitrogens with zero attached hydrogens (tertiary/aromatic N) is 1. The fraction of sp³-hybridized carbons (Fsp3) is 0.900. The lowest BCUT2D eigenvalue weighted by Crippen LogP contribution is -2.39. The molecule has 0 amide bonds. The summed E-state index contributed by atoms with van der Waals surface area (Å²) in [5.74, 6) is -0.732. The minimum atomic E-state index is -0.732. The molecule has 1 rings (SSSR count). The maximum atomic E-state index is 10.4. The summed E-state index contributed by atoms with van der Waals surface area (Å²) in [5.41, 5.74) is 0. The van der Waals surface area contributed by atoms with Gasteiger partial charge in [0.05, 0.1) is 6.42 Å². The summed E-state index contributed by atoms with van der Waals surface area (Å²) < 4.78 is 0. The van der Waals surface area contributed by atoms with E-state index in [4.69, 9.17) is 5.11 Å². The minimum Gasteiger partial charge on any atom is -0.481 e. The summed E-state index contributed by atoms with van der Waals surface area (Å²) in [6, 6.07) is 0.660. The molecule has 0 spiro atoms. The second-order valence-corrected chi connectivity index (χ2v) is 4.18. The molecular formula is C10H20N2O2. The van der Waals surface area contributed by atoms with Gasteiger partial charge in [-0.2, -0.15) is 0 Å². The van der Waals surface area contributed by atoms with Crippen LogP contribution in [-0.2, 0) is 4.79 Å². The van der Waals surface area contributed by atoms with E-state index in [1.807, 2.05) is 6.92 Å². The van der Waals surface area contributed by atoms with Crippen LogP contribution in [0, 0.1) is 0 Å². The van der Waals surface area contributed by atoms with Gasteiger partial charge in [-0.05, 0) is 33.4 Å². The molecule has 1 saturated heterocycles. The van der Waals surface area contributed by atoms with Crippen LogP contribution < -0.4 is 5.32 Å². The van der Waals surface area contributed by atoms with Crippen molar-refractivity contribution in [3.63, 3.8) is 0 Å². The highest BCUT2D eigenvalue weighted by atomic mass is 16.4. The summed E-state index contributed by atoms with van der Waals surface area (Å²) in [6.45, 7) is 3.99. The van der Waals surface area contributed by atoms with Gasteiger partial charge >= 0.3 is 5.97 Å². The summed E-state index contributed by atoms with van der Waals surface area (Å²) in [7, 11) is 2.13. The molecule has 14 heavy (non-hydrogen) atoms. The second kappa shape index (κ2) is 5.32. The van der Waals surface area contributed by atoms with E-state index in [2.05, 4.69) is 17.3 Å². The topological polar surface area (TPSA) is 52.6 Å². The number of hydrogen-bond donors (Lipinski definition) is 2. The first-order valence-corrected chi connectivity index (χ1v) is 5.25. The highest BCUT2D eigenvalue weighted by Gasteiger charge is 2.21. The third-order valence-electron chi connectivity index (χ3n) is 2.85. The molecule has 0 aromatic carbocycles. The zero-order valence-corrected chi connectivity index (χ0v) is 8.99. The molecule has 4 nitrogen and oxygen atoms in total. The molecule has 1 aliphatic rings. The van der Waals surface area contributed by atoms with Gasteiger partial charge in [0.25, 0.3) is 0 Å². The van der Waals surface area contributed by atoms with Crippen molar-refractivity contribution in [3.8, 4) is 0 Å². The number of hydrogen-bond acceptors (Lipinski definition) is 3. The Morgan fingerprint density at radius 2 is 2.43 bits per heavy atom. The number of likely N-dealkylation sites (tertiary alicyclic amines) is 1. The number of nitrogens with one attached hydrogen (secondary N) is 1. The molecule has 1 heterocycles. The maximum Gasteiger partial charge on any atom is 0.304 e. The molecule has 0 aromatic heterocycles. The molecule has 2 N–H and O–H groups in total. The quantitative estimate of drug-likeness (QED) is 0.680. The number of carbonyl (C=O) groups is 1. The molecule has 0 aliphatic carbocycles. The van der Waals surface area contributed by atoms with Crippen LogP contribution in [0.15, 0.2) is 0 Å². The van der Waals surface area contributed by atoms with Crippen molar-refractivity contribution in [3.05, 3.63) is 0 Å². The molecule has 82 valence electrons. The Kier molecular flexibility index (Phi) is 4.35. The third-order valence-corrected chi connectivity index (χ3v) is 2.85. The average Bonchev–Trinajstić information content (AvgIpc) is 2.46. The number of rotatable bonds is 5. The first-order chi connectivity index (χ1) is 6.59. The zero-order chi connectivity index (χ0) is 10.6. The molecule has 2 unspecified atom stereocenters. The maximum absolute atomic E-state index is 10.4. The van der Waals surface area contributed by atoms with Gasteiger partial charge < -0.3 is 15.3 Å². The van der Waals surface area contributed by atoms with Crippen molar-refractivity contribution >= 4 is 5.97 Å². The third kappa shape index (κ3) is 3.64. The van der Waals surface area contributed by atoms with E-state index in [0.29, 0.717) is 6.04 Å². The van der Waals surface area contributed by atoms with Crippen molar-refractivity contribution in [2.45, 2.75) is 38.3 Å². The van der Waals surface area contributed by atoms with Gasteiger partial charge in [0.15, 0.2) is 0 Å². The van der Waals surface area contributed by atoms with Gasteiger partial charge in [-0.15, -0.1) is 0 Å². The van der Waals surface area contributed by atoms with Crippen LogP contribution in [-0.4, -0.2) is 48.2 Å². The Balaban J connectivity index is 2.16. The van der Waals surface area contributed by atoms with Crippen molar-refractivity contribution in [1.82, 2.24) is 10.2 Å². The van der Waals surface area contributed by atoms with Gasteiger partial charge in [-0.1, -0.05) is 0 Å². The highest BCUT2D eigenvalue weighted by Crippen LogP contribution is 2.13. The fourth-order valence-corrected chi connectivity index (χ4v) is 1.91. The second-order valence-electron chi connectivity index (χ2n) is 4.18. The van der Waals surface area contributed by atoms with Gasteiger partial charge in [0.2, 0.25) is 0 Å². The molecule has 0 aromatic rings. The molecule has 0 radical (unpaired) electrons. The lowest BCUT2D eigenvalue weighted by atomic mass is 10.2. The Bertz CT molecular complexity index is 197. The van der Waals surface area contributed by atoms with Crippen LogP contribution in [0.3, 0.4) is 0 Å². The van der Waals surface area contributed by atoms with E-state index in [9.17, 15) is 4.79 Å².